The van der Waals surface area contributed by atoms with Gasteiger partial charge in [0.2, 0.25) is 0 Å². The van der Waals surface area contributed by atoms with Crippen LogP contribution in [0.3, 0.4) is 0 Å². The number of benzene rings is 1. The molecule has 134 valence electrons. The number of carbonyl (C=O) groups is 1. The van der Waals surface area contributed by atoms with Crippen molar-refractivity contribution in [3.05, 3.63) is 52.6 Å². The van der Waals surface area contributed by atoms with Crippen LogP contribution in [-0.4, -0.2) is 40.9 Å². The molecular formula is C19H20N4O3. The lowest BCUT2D eigenvalue weighted by molar-refractivity contribution is 0.0600. The topological polar surface area (TPSA) is 80.2 Å². The van der Waals surface area contributed by atoms with Gasteiger partial charge in [0, 0.05) is 36.9 Å². The highest BCUT2D eigenvalue weighted by Gasteiger charge is 2.22. The molecule has 0 unspecified atom stereocenters. The van der Waals surface area contributed by atoms with Crippen molar-refractivity contribution >= 4 is 11.7 Å². The first kappa shape index (κ1) is 16.4. The lowest BCUT2D eigenvalue weighted by Crippen LogP contribution is -2.29. The summed E-state index contributed by atoms with van der Waals surface area (Å²) in [6.07, 6.45) is 7.07. The van der Waals surface area contributed by atoms with Crippen molar-refractivity contribution in [2.75, 3.05) is 25.1 Å². The Balaban J connectivity index is 1.74. The molecule has 4 rings (SSSR count). The Labute approximate surface area is 150 Å². The van der Waals surface area contributed by atoms with E-state index in [1.54, 1.807) is 17.0 Å². The van der Waals surface area contributed by atoms with Crippen LogP contribution >= 0.6 is 0 Å². The number of carbonyl (C=O) groups excluding carboxylic acids is 1. The van der Waals surface area contributed by atoms with Crippen LogP contribution in [-0.2, 0) is 4.74 Å². The lowest BCUT2D eigenvalue weighted by atomic mass is 10.1. The molecule has 1 saturated heterocycles. The minimum absolute atomic E-state index is 0.253. The number of ether oxygens (including phenoxy) is 1. The number of anilines is 1. The quantitative estimate of drug-likeness (QED) is 0.733. The number of rotatable bonds is 3. The van der Waals surface area contributed by atoms with Gasteiger partial charge in [-0.15, -0.1) is 0 Å². The zero-order valence-corrected chi connectivity index (χ0v) is 14.6. The molecule has 3 heterocycles. The number of H-pyrrole nitrogens is 1. The van der Waals surface area contributed by atoms with Gasteiger partial charge < -0.3 is 14.2 Å². The standard InChI is InChI=1S/C19H20N4O3/c1-26-19(25)16-12-23(11-15-17(16)20-21-18(15)24)14-7-5-13(6-8-14)22-9-3-2-4-10-22/h5-8,11-12H,2-4,9-10H2,1H3,(H,21,24). The Bertz CT molecular complexity index is 952. The minimum Gasteiger partial charge on any atom is -0.465 e. The van der Waals surface area contributed by atoms with E-state index in [0.717, 1.165) is 18.8 Å². The smallest absolute Gasteiger partial charge is 0.341 e. The normalized spacial score (nSPS) is 14.6. The number of methoxy groups -OCH3 is 1. The molecule has 0 radical (unpaired) electrons. The Morgan fingerprint density at radius 2 is 1.77 bits per heavy atom. The van der Waals surface area contributed by atoms with Gasteiger partial charge in [0.25, 0.3) is 5.56 Å². The molecule has 0 saturated carbocycles. The van der Waals surface area contributed by atoms with Gasteiger partial charge in [-0.3, -0.25) is 4.79 Å². The van der Waals surface area contributed by atoms with Gasteiger partial charge in [-0.2, -0.15) is 5.10 Å². The number of pyridine rings is 1. The molecule has 0 aromatic heterocycles. The summed E-state index contributed by atoms with van der Waals surface area (Å²) < 4.78 is 6.58. The second-order valence-electron chi connectivity index (χ2n) is 6.45. The molecule has 0 atom stereocenters. The summed E-state index contributed by atoms with van der Waals surface area (Å²) in [6, 6.07) is 8.12. The number of aromatic nitrogens is 3. The van der Waals surface area contributed by atoms with Crippen molar-refractivity contribution in [3.63, 3.8) is 0 Å². The zero-order valence-electron chi connectivity index (χ0n) is 14.6. The first-order valence-electron chi connectivity index (χ1n) is 8.71. The van der Waals surface area contributed by atoms with Crippen molar-refractivity contribution in [1.82, 2.24) is 14.8 Å². The maximum atomic E-state index is 12.1. The fraction of sp³-hybridized carbons (Fsp3) is 0.316. The summed E-state index contributed by atoms with van der Waals surface area (Å²) in [5.74, 6) is -0.527. The Hall–Kier alpha value is -3.09. The van der Waals surface area contributed by atoms with Crippen LogP contribution in [0.1, 0.15) is 29.6 Å². The molecule has 0 aliphatic carbocycles. The van der Waals surface area contributed by atoms with Crippen LogP contribution in [0, 0.1) is 0 Å². The van der Waals surface area contributed by atoms with E-state index in [2.05, 4.69) is 27.2 Å². The molecule has 1 aromatic rings. The van der Waals surface area contributed by atoms with Gasteiger partial charge >= 0.3 is 5.97 Å². The molecule has 1 aromatic carbocycles. The molecule has 3 aliphatic rings. The summed E-state index contributed by atoms with van der Waals surface area (Å²) in [5.41, 5.74) is 2.65. The molecule has 26 heavy (non-hydrogen) atoms. The van der Waals surface area contributed by atoms with Gasteiger partial charge in [-0.25, -0.2) is 9.89 Å². The van der Waals surface area contributed by atoms with Crippen molar-refractivity contribution in [1.29, 1.82) is 0 Å². The number of piperidine rings is 1. The molecule has 0 spiro atoms. The predicted molar refractivity (Wildman–Crippen MR) is 98.2 cm³/mol. The van der Waals surface area contributed by atoms with Gasteiger partial charge in [0.05, 0.1) is 12.7 Å². The summed E-state index contributed by atoms with van der Waals surface area (Å²) in [6.45, 7) is 2.17. The van der Waals surface area contributed by atoms with E-state index in [-0.39, 0.29) is 11.1 Å². The Morgan fingerprint density at radius 3 is 2.46 bits per heavy atom. The average molecular weight is 352 g/mol. The molecule has 3 aliphatic heterocycles. The average Bonchev–Trinajstić information content (AvgIpc) is 3.08. The van der Waals surface area contributed by atoms with Gasteiger partial charge in [-0.05, 0) is 43.5 Å². The second-order valence-corrected chi connectivity index (χ2v) is 6.45. The molecule has 7 heteroatoms. The zero-order chi connectivity index (χ0) is 18.1. The SMILES string of the molecule is COC(=O)c1cn(-c2ccc(N3CCCCC3)cc2)cc2c(=O)[nH]nc1-2. The highest BCUT2D eigenvalue weighted by atomic mass is 16.5. The third-order valence-electron chi connectivity index (χ3n) is 4.83. The van der Waals surface area contributed by atoms with Crippen molar-refractivity contribution in [2.24, 2.45) is 0 Å². The van der Waals surface area contributed by atoms with Crippen molar-refractivity contribution < 1.29 is 9.53 Å². The number of nitrogens with zero attached hydrogens (tertiary/aromatic N) is 3. The number of fused-ring (bicyclic) bond motifs is 1. The molecule has 0 amide bonds. The van der Waals surface area contributed by atoms with Crippen molar-refractivity contribution in [2.45, 2.75) is 19.3 Å². The van der Waals surface area contributed by atoms with E-state index in [9.17, 15) is 9.59 Å². The maximum Gasteiger partial charge on any atom is 0.341 e. The van der Waals surface area contributed by atoms with Crippen LogP contribution in [0.5, 0.6) is 0 Å². The number of hydrogen-bond acceptors (Lipinski definition) is 5. The molecule has 1 fully saturated rings. The molecule has 1 N–H and O–H groups in total. The number of hydrogen-bond donors (Lipinski definition) is 1. The maximum absolute atomic E-state index is 12.1. The summed E-state index contributed by atoms with van der Waals surface area (Å²) in [5, 5.41) is 6.33. The van der Waals surface area contributed by atoms with Crippen LogP contribution in [0.2, 0.25) is 0 Å². The first-order chi connectivity index (χ1) is 12.7. The largest absolute Gasteiger partial charge is 0.465 e. The minimum atomic E-state index is -0.527. The van der Waals surface area contributed by atoms with E-state index in [1.165, 1.54) is 32.1 Å². The third kappa shape index (κ3) is 2.85. The first-order valence-corrected chi connectivity index (χ1v) is 8.71. The molecule has 0 bridgehead atoms. The predicted octanol–water partition coefficient (Wildman–Crippen LogP) is 2.44. The summed E-state index contributed by atoms with van der Waals surface area (Å²) >= 11 is 0. The third-order valence-corrected chi connectivity index (χ3v) is 4.83. The summed E-state index contributed by atoms with van der Waals surface area (Å²) in [4.78, 5) is 26.5. The fourth-order valence-corrected chi connectivity index (χ4v) is 3.43. The highest BCUT2D eigenvalue weighted by molar-refractivity contribution is 5.96. The second kappa shape index (κ2) is 6.67. The van der Waals surface area contributed by atoms with Crippen LogP contribution in [0.4, 0.5) is 5.69 Å². The number of nitrogens with one attached hydrogen (secondary N) is 1. The van der Waals surface area contributed by atoms with Gasteiger partial charge in [0.15, 0.2) is 0 Å². The number of esters is 1. The fourth-order valence-electron chi connectivity index (χ4n) is 3.43. The van der Waals surface area contributed by atoms with Crippen molar-refractivity contribution in [3.8, 4) is 16.9 Å². The Morgan fingerprint density at radius 1 is 1.08 bits per heavy atom. The van der Waals surface area contributed by atoms with Crippen LogP contribution in [0.25, 0.3) is 16.9 Å². The molecule has 7 nitrogen and oxygen atoms in total. The van der Waals surface area contributed by atoms with E-state index in [0.29, 0.717) is 11.3 Å². The van der Waals surface area contributed by atoms with Gasteiger partial charge in [-0.1, -0.05) is 0 Å². The van der Waals surface area contributed by atoms with E-state index >= 15 is 0 Å². The lowest BCUT2D eigenvalue weighted by Gasteiger charge is -2.29. The highest BCUT2D eigenvalue weighted by Crippen LogP contribution is 2.25. The van der Waals surface area contributed by atoms with Crippen LogP contribution < -0.4 is 10.5 Å². The van der Waals surface area contributed by atoms with E-state index in [4.69, 9.17) is 4.74 Å². The number of aromatic amines is 1. The monoisotopic (exact) mass is 352 g/mol. The summed E-state index contributed by atoms with van der Waals surface area (Å²) in [7, 11) is 1.31. The van der Waals surface area contributed by atoms with Gasteiger partial charge in [0.1, 0.15) is 11.3 Å². The Kier molecular flexibility index (Phi) is 4.20. The van der Waals surface area contributed by atoms with E-state index in [1.807, 2.05) is 12.1 Å². The van der Waals surface area contributed by atoms with E-state index < -0.39 is 5.97 Å². The van der Waals surface area contributed by atoms with Crippen LogP contribution in [0.15, 0.2) is 41.5 Å². The molecular weight excluding hydrogens is 332 g/mol.